The number of alkyl carbamates (subject to hydrolysis) is 1. The molecule has 8 rings (SSSR count). The van der Waals surface area contributed by atoms with Crippen molar-refractivity contribution in [2.24, 2.45) is 0 Å². The molecule has 1 saturated heterocycles. The molecule has 0 spiro atoms. The number of rotatable bonds is 14. The molecule has 21 heteroatoms. The van der Waals surface area contributed by atoms with Crippen LogP contribution >= 0.6 is 11.6 Å². The molecule has 1 saturated carbocycles. The second kappa shape index (κ2) is 20.4. The van der Waals surface area contributed by atoms with E-state index in [1.807, 2.05) is 27.7 Å². The van der Waals surface area contributed by atoms with Crippen LogP contribution < -0.4 is 19.9 Å². The molecule has 1 N–H and O–H groups in total. The maximum atomic E-state index is 15.8. The number of aromatic nitrogens is 5. The second-order valence-corrected chi connectivity index (χ2v) is 24.1. The SMILES string of the molecule is COc1ccc(CN(c2nn(CCN3CC(C)(C)OC(C)(C)C3)c3c(-n4c([C@H](Cc5cc(F)cc(F)c5)NC(=O)OC(C)(C)C)nc5nc(C6CCC(F)(F)CC6)cc(C)c5c4=O)ccc(Cl)c23)S(C)(=O)=O)cc1. The van der Waals surface area contributed by atoms with Crippen molar-refractivity contribution in [3.63, 3.8) is 0 Å². The number of morpholine rings is 1. The molecule has 4 heterocycles. The van der Waals surface area contributed by atoms with Crippen LogP contribution in [0.15, 0.2) is 65.5 Å². The molecule has 1 atom stereocenters. The Morgan fingerprint density at radius 3 is 2.16 bits per heavy atom. The van der Waals surface area contributed by atoms with Crippen molar-refractivity contribution in [3.05, 3.63) is 116 Å². The van der Waals surface area contributed by atoms with Gasteiger partial charge in [-0.15, -0.1) is 0 Å². The van der Waals surface area contributed by atoms with Crippen molar-refractivity contribution in [1.82, 2.24) is 34.5 Å². The van der Waals surface area contributed by atoms with Gasteiger partial charge in [-0.2, -0.15) is 5.10 Å². The highest BCUT2D eigenvalue weighted by Gasteiger charge is 2.39. The number of nitrogens with zero attached hydrogens (tertiary/aromatic N) is 7. The lowest BCUT2D eigenvalue weighted by Crippen LogP contribution is -2.57. The summed E-state index contributed by atoms with van der Waals surface area (Å²) in [4.78, 5) is 41.9. The van der Waals surface area contributed by atoms with Crippen LogP contribution in [0.3, 0.4) is 0 Å². The van der Waals surface area contributed by atoms with Gasteiger partial charge in [0, 0.05) is 56.6 Å². The molecule has 0 radical (unpaired) electrons. The van der Waals surface area contributed by atoms with Crippen molar-refractivity contribution in [1.29, 1.82) is 0 Å². The number of nitrogens with one attached hydrogen (secondary N) is 1. The minimum atomic E-state index is -4.14. The van der Waals surface area contributed by atoms with Crippen molar-refractivity contribution in [2.75, 3.05) is 37.3 Å². The summed E-state index contributed by atoms with van der Waals surface area (Å²) in [5.74, 6) is -4.64. The fourth-order valence-electron chi connectivity index (χ4n) is 10.4. The first-order chi connectivity index (χ1) is 34.5. The van der Waals surface area contributed by atoms with Crippen LogP contribution in [0.5, 0.6) is 5.75 Å². The number of halogens is 5. The number of carbonyl (C=O) groups excluding carboxylic acids is 1. The molecule has 398 valence electrons. The zero-order chi connectivity index (χ0) is 53.9. The van der Waals surface area contributed by atoms with Crippen molar-refractivity contribution in [2.45, 2.75) is 135 Å². The molecule has 0 unspecified atom stereocenters. The topological polar surface area (TPSA) is 163 Å². The number of benzene rings is 3. The maximum absolute atomic E-state index is 15.8. The van der Waals surface area contributed by atoms with Gasteiger partial charge in [-0.3, -0.25) is 18.9 Å². The zero-order valence-electron chi connectivity index (χ0n) is 43.3. The molecule has 3 aromatic heterocycles. The Morgan fingerprint density at radius 2 is 1.57 bits per heavy atom. The van der Waals surface area contributed by atoms with E-state index in [1.54, 1.807) is 68.8 Å². The Balaban J connectivity index is 1.42. The van der Waals surface area contributed by atoms with E-state index < -0.39 is 62.1 Å². The van der Waals surface area contributed by atoms with E-state index in [-0.39, 0.29) is 101 Å². The Labute approximate surface area is 433 Å². The highest BCUT2D eigenvalue weighted by Crippen LogP contribution is 2.42. The van der Waals surface area contributed by atoms with Crippen molar-refractivity contribution < 1.29 is 45.0 Å². The first-order valence-electron chi connectivity index (χ1n) is 24.5. The standard InChI is InChI=1S/C53H63ClF4N8O7S/c1-31-23-39(34-17-19-53(57,58)20-18-34)59-45-42(31)48(67)66(46(61-45)40(60-49(68)72-50(2,3)4)26-33-24-35(55)27-36(56)25-33)41-16-15-38(54)43-44(41)64(22-21-63-29-51(5,6)73-52(7,8)30-63)62-47(43)65(74(10,69)70)28-32-11-13-37(71-9)14-12-32/h11-16,23-25,27,34,40H,17-22,26,28-30H2,1-10H3,(H,60,68)/t40-/m0/s1. The molecule has 1 aliphatic heterocycles. The van der Waals surface area contributed by atoms with Crippen molar-refractivity contribution in [3.8, 4) is 11.4 Å². The van der Waals surface area contributed by atoms with E-state index in [0.29, 0.717) is 48.3 Å². The van der Waals surface area contributed by atoms with Crippen LogP contribution in [0.25, 0.3) is 27.6 Å². The first-order valence-corrected chi connectivity index (χ1v) is 26.7. The monoisotopic (exact) mass is 1070 g/mol. The van der Waals surface area contributed by atoms with Crippen LogP contribution in [0.2, 0.25) is 5.02 Å². The summed E-state index contributed by atoms with van der Waals surface area (Å²) in [6, 6.07) is 13.1. The number of hydrogen-bond donors (Lipinski definition) is 1. The summed E-state index contributed by atoms with van der Waals surface area (Å²) in [5, 5.41) is 8.16. The minimum absolute atomic E-state index is 0.0460. The Bertz CT molecular complexity index is 3240. The number of alkyl halides is 2. The summed E-state index contributed by atoms with van der Waals surface area (Å²) in [7, 11) is -2.62. The lowest BCUT2D eigenvalue weighted by molar-refractivity contribution is -0.180. The molecule has 1 aliphatic carbocycles. The van der Waals surface area contributed by atoms with Gasteiger partial charge in [0.25, 0.3) is 5.56 Å². The predicted molar refractivity (Wildman–Crippen MR) is 276 cm³/mol. The van der Waals surface area contributed by atoms with Crippen molar-refractivity contribution >= 4 is 55.5 Å². The fraction of sp³-hybridized carbons (Fsp3) is 0.491. The van der Waals surface area contributed by atoms with Gasteiger partial charge in [0.05, 0.1) is 70.7 Å². The second-order valence-electron chi connectivity index (χ2n) is 21.8. The number of fused-ring (bicyclic) bond motifs is 2. The maximum Gasteiger partial charge on any atom is 0.408 e. The average molecular weight is 1070 g/mol. The van der Waals surface area contributed by atoms with Gasteiger partial charge in [0.1, 0.15) is 28.8 Å². The summed E-state index contributed by atoms with van der Waals surface area (Å²) in [6.45, 7) is 16.0. The van der Waals surface area contributed by atoms with Gasteiger partial charge in [-0.1, -0.05) is 23.7 Å². The summed E-state index contributed by atoms with van der Waals surface area (Å²) < 4.78 is 108. The zero-order valence-corrected chi connectivity index (χ0v) is 44.9. The average Bonchev–Trinajstić information content (AvgIpc) is 3.65. The molecule has 74 heavy (non-hydrogen) atoms. The normalized spacial score (nSPS) is 17.6. The number of carbonyl (C=O) groups is 1. The van der Waals surface area contributed by atoms with E-state index >= 15 is 13.6 Å². The fourth-order valence-corrected chi connectivity index (χ4v) is 11.4. The number of anilines is 1. The quantitative estimate of drug-likeness (QED) is 0.103. The number of pyridine rings is 1. The van der Waals surface area contributed by atoms with Gasteiger partial charge in [0.15, 0.2) is 11.5 Å². The van der Waals surface area contributed by atoms with Gasteiger partial charge in [-0.25, -0.2) is 45.0 Å². The predicted octanol–water partition coefficient (Wildman–Crippen LogP) is 10.3. The molecule has 1 amide bonds. The number of ether oxygens (including phenoxy) is 3. The first kappa shape index (κ1) is 54.4. The van der Waals surface area contributed by atoms with Crippen LogP contribution in [0.4, 0.5) is 28.2 Å². The highest BCUT2D eigenvalue weighted by atomic mass is 35.5. The molecule has 0 bridgehead atoms. The number of hydrogen-bond acceptors (Lipinski definition) is 11. The third-order valence-electron chi connectivity index (χ3n) is 13.1. The molecule has 15 nitrogen and oxygen atoms in total. The van der Waals surface area contributed by atoms with Crippen LogP contribution in [0, 0.1) is 18.6 Å². The van der Waals surface area contributed by atoms with Crippen LogP contribution in [-0.4, -0.2) is 99.5 Å². The van der Waals surface area contributed by atoms with Crippen LogP contribution in [-0.2, 0) is 39.0 Å². The van der Waals surface area contributed by atoms with E-state index in [0.717, 1.165) is 22.7 Å². The molecule has 2 aliphatic rings. The Morgan fingerprint density at radius 1 is 0.932 bits per heavy atom. The van der Waals surface area contributed by atoms with E-state index in [9.17, 15) is 22.0 Å². The van der Waals surface area contributed by atoms with E-state index in [1.165, 1.54) is 17.7 Å². The largest absolute Gasteiger partial charge is 0.497 e. The van der Waals surface area contributed by atoms with Gasteiger partial charge >= 0.3 is 6.09 Å². The summed E-state index contributed by atoms with van der Waals surface area (Å²) in [5.41, 5.74) is -0.957. The third-order valence-corrected chi connectivity index (χ3v) is 14.6. The van der Waals surface area contributed by atoms with Gasteiger partial charge < -0.3 is 19.5 Å². The number of methoxy groups -OCH3 is 1. The number of amides is 1. The summed E-state index contributed by atoms with van der Waals surface area (Å²) in [6.07, 6.45) is -0.645. The van der Waals surface area contributed by atoms with Crippen LogP contribution in [0.1, 0.15) is 114 Å². The lowest BCUT2D eigenvalue weighted by atomic mass is 9.84. The number of sulfonamides is 1. The molecule has 2 fully saturated rings. The minimum Gasteiger partial charge on any atom is -0.497 e. The summed E-state index contributed by atoms with van der Waals surface area (Å²) >= 11 is 7.21. The molecular weight excluding hydrogens is 1000 g/mol. The van der Waals surface area contributed by atoms with Gasteiger partial charge in [-0.05, 0) is 127 Å². The van der Waals surface area contributed by atoms with E-state index in [2.05, 4.69) is 10.2 Å². The molecule has 3 aromatic carbocycles. The number of aryl methyl sites for hydroxylation is 1. The van der Waals surface area contributed by atoms with E-state index in [4.69, 9.17) is 40.9 Å². The Kier molecular flexibility index (Phi) is 15.0. The smallest absolute Gasteiger partial charge is 0.408 e. The lowest BCUT2D eigenvalue weighted by Gasteiger charge is -2.47. The Hall–Kier alpha value is -5.83. The van der Waals surface area contributed by atoms with Gasteiger partial charge in [0.2, 0.25) is 15.9 Å². The molecular formula is C53H63ClF4N8O7S. The molecule has 6 aromatic rings. The highest BCUT2D eigenvalue weighted by molar-refractivity contribution is 7.92. The third kappa shape index (κ3) is 12.3.